The minimum atomic E-state index is 0.751. The molecule has 0 aliphatic carbocycles. The lowest BCUT2D eigenvalue weighted by Gasteiger charge is -2.14. The van der Waals surface area contributed by atoms with Crippen LogP contribution in [-0.4, -0.2) is 26.7 Å². The number of benzene rings is 1. The van der Waals surface area contributed by atoms with Crippen molar-refractivity contribution in [3.05, 3.63) is 29.3 Å². The van der Waals surface area contributed by atoms with E-state index in [0.717, 1.165) is 12.5 Å². The summed E-state index contributed by atoms with van der Waals surface area (Å²) in [6.45, 7) is 3.53. The van der Waals surface area contributed by atoms with Crippen molar-refractivity contribution in [2.75, 3.05) is 31.6 Å². The van der Waals surface area contributed by atoms with Gasteiger partial charge in [-0.05, 0) is 42.5 Å². The van der Waals surface area contributed by atoms with Crippen LogP contribution in [0.4, 0.5) is 5.69 Å². The molecule has 1 aromatic rings. The molecule has 0 saturated carbocycles. The summed E-state index contributed by atoms with van der Waals surface area (Å²) in [4.78, 5) is 2.35. The van der Waals surface area contributed by atoms with Crippen LogP contribution in [0.25, 0.3) is 0 Å². The SMILES string of the molecule is CN1CCc2cc(C3CCNC3)ccc21. The Kier molecular flexibility index (Phi) is 2.17. The van der Waals surface area contributed by atoms with Gasteiger partial charge in [-0.1, -0.05) is 12.1 Å². The normalized spacial score (nSPS) is 24.6. The number of hydrogen-bond acceptors (Lipinski definition) is 2. The number of hydrogen-bond donors (Lipinski definition) is 1. The molecule has 0 bridgehead atoms. The van der Waals surface area contributed by atoms with Crippen molar-refractivity contribution in [3.8, 4) is 0 Å². The third-order valence-corrected chi connectivity index (χ3v) is 3.76. The first-order valence-corrected chi connectivity index (χ1v) is 5.89. The molecule has 0 spiro atoms. The first kappa shape index (κ1) is 9.22. The molecule has 1 atom stereocenters. The predicted molar refractivity (Wildman–Crippen MR) is 63.6 cm³/mol. The average Bonchev–Trinajstić information content (AvgIpc) is 2.88. The maximum atomic E-state index is 3.44. The molecule has 2 aliphatic heterocycles. The summed E-state index contributed by atoms with van der Waals surface area (Å²) in [5, 5.41) is 3.44. The summed E-state index contributed by atoms with van der Waals surface area (Å²) in [6.07, 6.45) is 2.52. The molecule has 80 valence electrons. The lowest BCUT2D eigenvalue weighted by atomic mass is 9.96. The molecule has 0 radical (unpaired) electrons. The first-order chi connectivity index (χ1) is 7.34. The zero-order valence-corrected chi connectivity index (χ0v) is 9.29. The number of anilines is 1. The maximum Gasteiger partial charge on any atom is 0.0397 e. The van der Waals surface area contributed by atoms with Crippen molar-refractivity contribution in [1.29, 1.82) is 0 Å². The highest BCUT2D eigenvalue weighted by Crippen LogP contribution is 2.31. The van der Waals surface area contributed by atoms with E-state index in [1.54, 1.807) is 5.56 Å². The Hall–Kier alpha value is -1.02. The molecular weight excluding hydrogens is 184 g/mol. The second-order valence-electron chi connectivity index (χ2n) is 4.75. The Morgan fingerprint density at radius 1 is 1.40 bits per heavy atom. The van der Waals surface area contributed by atoms with Gasteiger partial charge in [0, 0.05) is 25.8 Å². The van der Waals surface area contributed by atoms with Crippen LogP contribution in [-0.2, 0) is 6.42 Å². The van der Waals surface area contributed by atoms with Crippen molar-refractivity contribution in [3.63, 3.8) is 0 Å². The first-order valence-electron chi connectivity index (χ1n) is 5.89. The minimum Gasteiger partial charge on any atom is -0.374 e. The van der Waals surface area contributed by atoms with Gasteiger partial charge in [-0.15, -0.1) is 0 Å². The molecule has 2 heteroatoms. The molecular formula is C13H18N2. The molecule has 0 aromatic heterocycles. The van der Waals surface area contributed by atoms with Crippen LogP contribution in [0.3, 0.4) is 0 Å². The smallest absolute Gasteiger partial charge is 0.0397 e. The van der Waals surface area contributed by atoms with Crippen LogP contribution >= 0.6 is 0 Å². The fraction of sp³-hybridized carbons (Fsp3) is 0.538. The van der Waals surface area contributed by atoms with Gasteiger partial charge >= 0.3 is 0 Å². The second-order valence-corrected chi connectivity index (χ2v) is 4.75. The second kappa shape index (κ2) is 3.53. The fourth-order valence-electron chi connectivity index (χ4n) is 2.78. The van der Waals surface area contributed by atoms with Gasteiger partial charge in [-0.3, -0.25) is 0 Å². The third-order valence-electron chi connectivity index (χ3n) is 3.76. The van der Waals surface area contributed by atoms with E-state index in [4.69, 9.17) is 0 Å². The minimum absolute atomic E-state index is 0.751. The molecule has 0 amide bonds. The van der Waals surface area contributed by atoms with Crippen LogP contribution in [0.5, 0.6) is 0 Å². The van der Waals surface area contributed by atoms with Crippen molar-refractivity contribution in [2.24, 2.45) is 0 Å². The molecule has 1 saturated heterocycles. The van der Waals surface area contributed by atoms with E-state index in [1.807, 2.05) is 0 Å². The van der Waals surface area contributed by atoms with E-state index >= 15 is 0 Å². The summed E-state index contributed by atoms with van der Waals surface area (Å²) in [5.74, 6) is 0.751. The van der Waals surface area contributed by atoms with E-state index in [0.29, 0.717) is 0 Å². The zero-order valence-electron chi connectivity index (χ0n) is 9.29. The lowest BCUT2D eigenvalue weighted by Crippen LogP contribution is -2.12. The van der Waals surface area contributed by atoms with Gasteiger partial charge in [0.25, 0.3) is 0 Å². The van der Waals surface area contributed by atoms with Gasteiger partial charge in [0.15, 0.2) is 0 Å². The van der Waals surface area contributed by atoms with Crippen LogP contribution < -0.4 is 10.2 Å². The van der Waals surface area contributed by atoms with Gasteiger partial charge in [0.2, 0.25) is 0 Å². The molecule has 1 aromatic carbocycles. The van der Waals surface area contributed by atoms with Crippen molar-refractivity contribution >= 4 is 5.69 Å². The molecule has 15 heavy (non-hydrogen) atoms. The Labute approximate surface area is 91.3 Å². The van der Waals surface area contributed by atoms with Crippen LogP contribution in [0.2, 0.25) is 0 Å². The summed E-state index contributed by atoms with van der Waals surface area (Å²) >= 11 is 0. The van der Waals surface area contributed by atoms with Gasteiger partial charge < -0.3 is 10.2 Å². The number of likely N-dealkylation sites (N-methyl/N-ethyl adjacent to an activating group) is 1. The molecule has 1 unspecified atom stereocenters. The summed E-state index contributed by atoms with van der Waals surface area (Å²) < 4.78 is 0. The topological polar surface area (TPSA) is 15.3 Å². The quantitative estimate of drug-likeness (QED) is 0.746. The van der Waals surface area contributed by atoms with Gasteiger partial charge in [0.1, 0.15) is 0 Å². The number of nitrogens with one attached hydrogen (secondary N) is 1. The number of fused-ring (bicyclic) bond motifs is 1. The highest BCUT2D eigenvalue weighted by atomic mass is 15.1. The van der Waals surface area contributed by atoms with E-state index in [-0.39, 0.29) is 0 Å². The molecule has 2 aliphatic rings. The Morgan fingerprint density at radius 2 is 2.33 bits per heavy atom. The number of nitrogens with zero attached hydrogens (tertiary/aromatic N) is 1. The van der Waals surface area contributed by atoms with E-state index in [1.165, 1.54) is 37.2 Å². The summed E-state index contributed by atoms with van der Waals surface area (Å²) in [7, 11) is 2.18. The van der Waals surface area contributed by atoms with Crippen LogP contribution in [0.15, 0.2) is 18.2 Å². The lowest BCUT2D eigenvalue weighted by molar-refractivity contribution is 0.762. The molecule has 1 N–H and O–H groups in total. The maximum absolute atomic E-state index is 3.44. The number of rotatable bonds is 1. The van der Waals surface area contributed by atoms with Crippen LogP contribution in [0.1, 0.15) is 23.5 Å². The third kappa shape index (κ3) is 1.53. The summed E-state index contributed by atoms with van der Waals surface area (Å²) in [5.41, 5.74) is 4.51. The van der Waals surface area contributed by atoms with E-state index in [9.17, 15) is 0 Å². The van der Waals surface area contributed by atoms with Gasteiger partial charge in [-0.25, -0.2) is 0 Å². The molecule has 1 fully saturated rings. The monoisotopic (exact) mass is 202 g/mol. The zero-order chi connectivity index (χ0) is 10.3. The average molecular weight is 202 g/mol. The predicted octanol–water partition coefficient (Wildman–Crippen LogP) is 1.76. The van der Waals surface area contributed by atoms with E-state index < -0.39 is 0 Å². The van der Waals surface area contributed by atoms with Crippen molar-refractivity contribution in [1.82, 2.24) is 5.32 Å². The van der Waals surface area contributed by atoms with Gasteiger partial charge in [-0.2, -0.15) is 0 Å². The largest absolute Gasteiger partial charge is 0.374 e. The summed E-state index contributed by atoms with van der Waals surface area (Å²) in [6, 6.07) is 7.05. The highest BCUT2D eigenvalue weighted by Gasteiger charge is 2.20. The fourth-order valence-corrected chi connectivity index (χ4v) is 2.78. The molecule has 3 rings (SSSR count). The van der Waals surface area contributed by atoms with E-state index in [2.05, 4.69) is 35.5 Å². The Bertz CT molecular complexity index is 367. The standard InChI is InChI=1S/C13H18N2/c1-15-7-5-11-8-10(2-3-13(11)15)12-4-6-14-9-12/h2-3,8,12,14H,4-7,9H2,1H3. The Balaban J connectivity index is 1.92. The van der Waals surface area contributed by atoms with Crippen LogP contribution in [0, 0.1) is 0 Å². The van der Waals surface area contributed by atoms with Crippen molar-refractivity contribution in [2.45, 2.75) is 18.8 Å². The highest BCUT2D eigenvalue weighted by molar-refractivity contribution is 5.58. The molecule has 2 nitrogen and oxygen atoms in total. The van der Waals surface area contributed by atoms with Gasteiger partial charge in [0.05, 0.1) is 0 Å². The van der Waals surface area contributed by atoms with Crippen molar-refractivity contribution < 1.29 is 0 Å². The Morgan fingerprint density at radius 3 is 3.13 bits per heavy atom. The molecule has 2 heterocycles.